The lowest BCUT2D eigenvalue weighted by Gasteiger charge is -2.21. The Kier molecular flexibility index (Phi) is 5.64. The third kappa shape index (κ3) is 4.03. The number of rotatable bonds is 6. The third-order valence-electron chi connectivity index (χ3n) is 3.33. The van der Waals surface area contributed by atoms with E-state index >= 15 is 0 Å². The second-order valence-electron chi connectivity index (χ2n) is 4.81. The summed E-state index contributed by atoms with van der Waals surface area (Å²) in [6.07, 6.45) is 3.13. The van der Waals surface area contributed by atoms with E-state index in [0.717, 1.165) is 19.3 Å². The van der Waals surface area contributed by atoms with Crippen LogP contribution in [0.2, 0.25) is 0 Å². The van der Waals surface area contributed by atoms with Gasteiger partial charge in [0.2, 0.25) is 0 Å². The average Bonchev–Trinajstić information content (AvgIpc) is 2.39. The van der Waals surface area contributed by atoms with Gasteiger partial charge in [-0.25, -0.2) is 4.39 Å². The van der Waals surface area contributed by atoms with Crippen LogP contribution in [-0.4, -0.2) is 6.04 Å². The molecular weight excluding hydrogens is 227 g/mol. The highest BCUT2D eigenvalue weighted by Gasteiger charge is 2.12. The minimum absolute atomic E-state index is 0.280. The van der Waals surface area contributed by atoms with Gasteiger partial charge < -0.3 is 5.32 Å². The van der Waals surface area contributed by atoms with E-state index < -0.39 is 0 Å². The predicted molar refractivity (Wildman–Crippen MR) is 72.9 cm³/mol. The zero-order valence-electron chi connectivity index (χ0n) is 11.3. The van der Waals surface area contributed by atoms with Crippen LogP contribution in [0.5, 0.6) is 0 Å². The first kappa shape index (κ1) is 14.5. The summed E-state index contributed by atoms with van der Waals surface area (Å²) in [6.45, 7) is 6.47. The predicted octanol–water partition coefficient (Wildman–Crippen LogP) is 4.32. The Hall–Kier alpha value is -1.56. The molecule has 0 fully saturated rings. The summed E-state index contributed by atoms with van der Waals surface area (Å²) in [5.41, 5.74) is 0.845. The van der Waals surface area contributed by atoms with Gasteiger partial charge in [-0.2, -0.15) is 5.26 Å². The molecule has 1 N–H and O–H groups in total. The molecule has 0 spiro atoms. The van der Waals surface area contributed by atoms with Gasteiger partial charge in [0, 0.05) is 6.04 Å². The zero-order valence-corrected chi connectivity index (χ0v) is 11.3. The van der Waals surface area contributed by atoms with E-state index in [1.54, 1.807) is 12.1 Å². The molecule has 0 heterocycles. The number of anilines is 1. The molecule has 0 aliphatic carbocycles. The Labute approximate surface area is 109 Å². The van der Waals surface area contributed by atoms with Crippen molar-refractivity contribution in [3.63, 3.8) is 0 Å². The molecule has 2 nitrogen and oxygen atoms in total. The van der Waals surface area contributed by atoms with E-state index in [-0.39, 0.29) is 11.9 Å². The van der Waals surface area contributed by atoms with E-state index in [2.05, 4.69) is 26.1 Å². The van der Waals surface area contributed by atoms with Crippen molar-refractivity contribution in [2.75, 3.05) is 5.32 Å². The van der Waals surface area contributed by atoms with Crippen LogP contribution < -0.4 is 5.32 Å². The summed E-state index contributed by atoms with van der Waals surface area (Å²) in [5, 5.41) is 11.9. The second kappa shape index (κ2) is 7.00. The highest BCUT2D eigenvalue weighted by atomic mass is 19.1. The third-order valence-corrected chi connectivity index (χ3v) is 3.33. The molecule has 1 aromatic carbocycles. The lowest BCUT2D eigenvalue weighted by atomic mass is 9.97. The number of hydrogen-bond donors (Lipinski definition) is 1. The van der Waals surface area contributed by atoms with Gasteiger partial charge in [0.25, 0.3) is 0 Å². The molecule has 0 aromatic heterocycles. The van der Waals surface area contributed by atoms with Gasteiger partial charge in [0.15, 0.2) is 0 Å². The van der Waals surface area contributed by atoms with E-state index in [0.29, 0.717) is 17.2 Å². The van der Waals surface area contributed by atoms with E-state index in [1.807, 2.05) is 6.07 Å². The summed E-state index contributed by atoms with van der Waals surface area (Å²) < 4.78 is 13.7. The van der Waals surface area contributed by atoms with Crippen LogP contribution in [0.25, 0.3) is 0 Å². The van der Waals surface area contributed by atoms with Crippen LogP contribution in [-0.2, 0) is 0 Å². The quantitative estimate of drug-likeness (QED) is 0.813. The maximum atomic E-state index is 13.7. The Morgan fingerprint density at radius 1 is 1.33 bits per heavy atom. The molecule has 18 heavy (non-hydrogen) atoms. The molecule has 1 aromatic rings. The topological polar surface area (TPSA) is 35.8 Å². The van der Waals surface area contributed by atoms with E-state index in [4.69, 9.17) is 5.26 Å². The van der Waals surface area contributed by atoms with Gasteiger partial charge in [0.05, 0.1) is 17.3 Å². The number of nitriles is 1. The van der Waals surface area contributed by atoms with E-state index in [1.165, 1.54) is 6.07 Å². The van der Waals surface area contributed by atoms with Gasteiger partial charge in [-0.1, -0.05) is 27.2 Å². The Balaban J connectivity index is 2.73. The van der Waals surface area contributed by atoms with Crippen LogP contribution in [0.3, 0.4) is 0 Å². The van der Waals surface area contributed by atoms with Crippen molar-refractivity contribution in [2.24, 2.45) is 5.92 Å². The Bertz CT molecular complexity index is 423. The smallest absolute Gasteiger partial charge is 0.147 e. The van der Waals surface area contributed by atoms with Crippen molar-refractivity contribution in [1.29, 1.82) is 5.26 Å². The van der Waals surface area contributed by atoms with Crippen molar-refractivity contribution < 1.29 is 4.39 Å². The van der Waals surface area contributed by atoms with Gasteiger partial charge >= 0.3 is 0 Å². The van der Waals surface area contributed by atoms with Crippen LogP contribution in [0.15, 0.2) is 18.2 Å². The fraction of sp³-hybridized carbons (Fsp3) is 0.533. The molecular formula is C15H21FN2. The minimum Gasteiger partial charge on any atom is -0.380 e. The van der Waals surface area contributed by atoms with E-state index in [9.17, 15) is 4.39 Å². The van der Waals surface area contributed by atoms with Crippen molar-refractivity contribution in [1.82, 2.24) is 0 Å². The molecule has 0 amide bonds. The van der Waals surface area contributed by atoms with Crippen LogP contribution >= 0.6 is 0 Å². The number of nitrogens with zero attached hydrogens (tertiary/aromatic N) is 1. The van der Waals surface area contributed by atoms with Gasteiger partial charge in [-0.3, -0.25) is 0 Å². The fourth-order valence-corrected chi connectivity index (χ4v) is 1.90. The number of benzene rings is 1. The number of halogens is 1. The molecule has 0 saturated carbocycles. The Morgan fingerprint density at radius 2 is 2.06 bits per heavy atom. The maximum Gasteiger partial charge on any atom is 0.147 e. The highest BCUT2D eigenvalue weighted by molar-refractivity contribution is 5.49. The fourth-order valence-electron chi connectivity index (χ4n) is 1.90. The van der Waals surface area contributed by atoms with Crippen molar-refractivity contribution in [3.05, 3.63) is 29.6 Å². The van der Waals surface area contributed by atoms with Crippen molar-refractivity contribution >= 4 is 5.69 Å². The monoisotopic (exact) mass is 248 g/mol. The van der Waals surface area contributed by atoms with Crippen molar-refractivity contribution in [2.45, 2.75) is 46.1 Å². The summed E-state index contributed by atoms with van der Waals surface area (Å²) in [4.78, 5) is 0. The molecule has 3 heteroatoms. The minimum atomic E-state index is -0.350. The summed E-state index contributed by atoms with van der Waals surface area (Å²) >= 11 is 0. The van der Waals surface area contributed by atoms with Crippen LogP contribution in [0, 0.1) is 23.1 Å². The first-order chi connectivity index (χ1) is 8.60. The Morgan fingerprint density at radius 3 is 2.56 bits per heavy atom. The molecule has 0 bridgehead atoms. The first-order valence-corrected chi connectivity index (χ1v) is 6.56. The van der Waals surface area contributed by atoms with Crippen LogP contribution in [0.4, 0.5) is 10.1 Å². The molecule has 98 valence electrons. The van der Waals surface area contributed by atoms with Gasteiger partial charge in [0.1, 0.15) is 5.82 Å². The standard InChI is InChI=1S/C15H21FN2/c1-4-11(3)8-13(5-2)18-15-7-6-12(10-17)9-14(15)16/h6-7,9,11,13,18H,4-5,8H2,1-3H3. The maximum absolute atomic E-state index is 13.7. The lowest BCUT2D eigenvalue weighted by molar-refractivity contribution is 0.460. The number of nitrogens with one attached hydrogen (secondary N) is 1. The normalized spacial score (nSPS) is 13.7. The SMILES string of the molecule is CCC(C)CC(CC)Nc1ccc(C#N)cc1F. The van der Waals surface area contributed by atoms with Gasteiger partial charge in [-0.05, 0) is 37.0 Å². The van der Waals surface area contributed by atoms with Crippen LogP contribution in [0.1, 0.15) is 45.6 Å². The average molecular weight is 248 g/mol. The second-order valence-corrected chi connectivity index (χ2v) is 4.81. The molecule has 0 aliphatic heterocycles. The summed E-state index contributed by atoms with van der Waals surface area (Å²) in [6, 6.07) is 6.78. The number of hydrogen-bond acceptors (Lipinski definition) is 2. The molecule has 0 radical (unpaired) electrons. The lowest BCUT2D eigenvalue weighted by Crippen LogP contribution is -2.21. The molecule has 0 saturated heterocycles. The molecule has 2 atom stereocenters. The van der Waals surface area contributed by atoms with Gasteiger partial charge in [-0.15, -0.1) is 0 Å². The molecule has 0 aliphatic rings. The van der Waals surface area contributed by atoms with Crippen molar-refractivity contribution in [3.8, 4) is 6.07 Å². The molecule has 2 unspecified atom stereocenters. The zero-order chi connectivity index (χ0) is 13.5. The largest absolute Gasteiger partial charge is 0.380 e. The summed E-state index contributed by atoms with van der Waals surface area (Å²) in [5.74, 6) is 0.278. The first-order valence-electron chi connectivity index (χ1n) is 6.56. The molecule has 1 rings (SSSR count). The summed E-state index contributed by atoms with van der Waals surface area (Å²) in [7, 11) is 0. The highest BCUT2D eigenvalue weighted by Crippen LogP contribution is 2.20.